The predicted molar refractivity (Wildman–Crippen MR) is 58.1 cm³/mol. The van der Waals surface area contributed by atoms with Crippen molar-refractivity contribution in [1.82, 2.24) is 4.31 Å². The maximum atomic E-state index is 12.1. The SMILES string of the molecule is CC1(CS(=O)(=O)N2CCCCC2)COC1. The molecule has 0 aromatic heterocycles. The van der Waals surface area contributed by atoms with Crippen LogP contribution in [0.4, 0.5) is 0 Å². The third kappa shape index (κ3) is 2.52. The maximum Gasteiger partial charge on any atom is 0.214 e. The molecule has 0 unspecified atom stereocenters. The van der Waals surface area contributed by atoms with Gasteiger partial charge < -0.3 is 4.74 Å². The molecular formula is C10H19NO3S. The van der Waals surface area contributed by atoms with Crippen molar-refractivity contribution in [1.29, 1.82) is 0 Å². The Balaban J connectivity index is 1.99. The van der Waals surface area contributed by atoms with E-state index in [4.69, 9.17) is 4.74 Å². The molecule has 4 nitrogen and oxygen atoms in total. The van der Waals surface area contributed by atoms with Crippen LogP contribution in [0.2, 0.25) is 0 Å². The number of rotatable bonds is 3. The van der Waals surface area contributed by atoms with Crippen molar-refractivity contribution in [2.45, 2.75) is 26.2 Å². The first-order valence-electron chi connectivity index (χ1n) is 5.58. The monoisotopic (exact) mass is 233 g/mol. The van der Waals surface area contributed by atoms with Gasteiger partial charge in [0.1, 0.15) is 0 Å². The lowest BCUT2D eigenvalue weighted by molar-refractivity contribution is -0.0874. The standard InChI is InChI=1S/C10H19NO3S/c1-10(7-14-8-10)9-15(12,13)11-5-3-2-4-6-11/h2-9H2,1H3. The molecule has 0 N–H and O–H groups in total. The zero-order valence-electron chi connectivity index (χ0n) is 9.24. The van der Waals surface area contributed by atoms with Crippen LogP contribution in [0, 0.1) is 5.41 Å². The molecule has 0 spiro atoms. The topological polar surface area (TPSA) is 46.6 Å². The number of ether oxygens (including phenoxy) is 1. The zero-order chi connectivity index (χ0) is 10.9. The van der Waals surface area contributed by atoms with Crippen molar-refractivity contribution >= 4 is 10.0 Å². The molecular weight excluding hydrogens is 214 g/mol. The van der Waals surface area contributed by atoms with Crippen LogP contribution in [0.15, 0.2) is 0 Å². The van der Waals surface area contributed by atoms with Crippen LogP contribution in [-0.2, 0) is 14.8 Å². The van der Waals surface area contributed by atoms with E-state index in [0.717, 1.165) is 19.3 Å². The summed E-state index contributed by atoms with van der Waals surface area (Å²) >= 11 is 0. The first-order valence-corrected chi connectivity index (χ1v) is 7.18. The van der Waals surface area contributed by atoms with Crippen LogP contribution in [-0.4, -0.2) is 44.8 Å². The van der Waals surface area contributed by atoms with Crippen molar-refractivity contribution in [3.05, 3.63) is 0 Å². The van der Waals surface area contributed by atoms with Crippen LogP contribution in [0.3, 0.4) is 0 Å². The number of hydrogen-bond donors (Lipinski definition) is 0. The summed E-state index contributed by atoms with van der Waals surface area (Å²) in [5.74, 6) is 0.250. The Hall–Kier alpha value is -0.130. The molecule has 2 fully saturated rings. The molecule has 2 aliphatic rings. The fourth-order valence-electron chi connectivity index (χ4n) is 2.21. The summed E-state index contributed by atoms with van der Waals surface area (Å²) in [6.07, 6.45) is 3.17. The quantitative estimate of drug-likeness (QED) is 0.725. The second-order valence-corrected chi connectivity index (χ2v) is 6.99. The molecule has 0 aliphatic carbocycles. The van der Waals surface area contributed by atoms with E-state index in [1.807, 2.05) is 6.92 Å². The third-order valence-electron chi connectivity index (χ3n) is 3.14. The second kappa shape index (κ2) is 4.03. The summed E-state index contributed by atoms with van der Waals surface area (Å²) in [5, 5.41) is 0. The first kappa shape index (κ1) is 11.4. The van der Waals surface area contributed by atoms with Crippen LogP contribution in [0.5, 0.6) is 0 Å². The minimum atomic E-state index is -3.05. The highest BCUT2D eigenvalue weighted by atomic mass is 32.2. The van der Waals surface area contributed by atoms with Gasteiger partial charge in [-0.05, 0) is 12.8 Å². The van der Waals surface area contributed by atoms with Crippen molar-refractivity contribution in [3.8, 4) is 0 Å². The molecule has 0 atom stereocenters. The average molecular weight is 233 g/mol. The molecule has 0 amide bonds. The fourth-order valence-corrected chi connectivity index (χ4v) is 4.25. The van der Waals surface area contributed by atoms with Gasteiger partial charge in [0.15, 0.2) is 0 Å². The molecule has 0 aromatic rings. The summed E-state index contributed by atoms with van der Waals surface area (Å²) in [4.78, 5) is 0. The minimum absolute atomic E-state index is 0.143. The molecule has 0 bridgehead atoms. The summed E-state index contributed by atoms with van der Waals surface area (Å²) in [7, 11) is -3.05. The van der Waals surface area contributed by atoms with Gasteiger partial charge in [-0.2, -0.15) is 0 Å². The van der Waals surface area contributed by atoms with E-state index in [2.05, 4.69) is 0 Å². The van der Waals surface area contributed by atoms with Gasteiger partial charge in [-0.1, -0.05) is 13.3 Å². The molecule has 15 heavy (non-hydrogen) atoms. The van der Waals surface area contributed by atoms with Crippen molar-refractivity contribution < 1.29 is 13.2 Å². The van der Waals surface area contributed by atoms with E-state index in [1.54, 1.807) is 4.31 Å². The van der Waals surface area contributed by atoms with E-state index >= 15 is 0 Å². The second-order valence-electron chi connectivity index (χ2n) is 5.02. The van der Waals surface area contributed by atoms with Gasteiger partial charge in [0.2, 0.25) is 10.0 Å². The van der Waals surface area contributed by atoms with Gasteiger partial charge >= 0.3 is 0 Å². The first-order chi connectivity index (χ1) is 7.02. The van der Waals surface area contributed by atoms with Gasteiger partial charge in [0, 0.05) is 18.5 Å². The Morgan fingerprint density at radius 2 is 1.80 bits per heavy atom. The Kier molecular flexibility index (Phi) is 3.05. The Labute approximate surface area is 91.6 Å². The Bertz CT molecular complexity index is 316. The van der Waals surface area contributed by atoms with Crippen molar-refractivity contribution in [2.75, 3.05) is 32.1 Å². The van der Waals surface area contributed by atoms with Crippen molar-refractivity contribution in [2.24, 2.45) is 5.41 Å². The van der Waals surface area contributed by atoms with E-state index in [9.17, 15) is 8.42 Å². The van der Waals surface area contributed by atoms with Gasteiger partial charge in [-0.15, -0.1) is 0 Å². The number of nitrogens with zero attached hydrogens (tertiary/aromatic N) is 1. The summed E-state index contributed by atoms with van der Waals surface area (Å²) in [5.41, 5.74) is -0.143. The lowest BCUT2D eigenvalue weighted by atomic mass is 9.92. The molecule has 0 saturated carbocycles. The predicted octanol–water partition coefficient (Wildman–Crippen LogP) is 0.839. The molecule has 2 aliphatic heterocycles. The summed E-state index contributed by atoms with van der Waals surface area (Å²) < 4.78 is 30.9. The smallest absolute Gasteiger partial charge is 0.214 e. The molecule has 0 aromatic carbocycles. The van der Waals surface area contributed by atoms with Gasteiger partial charge in [-0.3, -0.25) is 0 Å². The van der Waals surface area contributed by atoms with Crippen LogP contribution in [0.25, 0.3) is 0 Å². The lowest BCUT2D eigenvalue weighted by Crippen LogP contribution is -2.49. The molecule has 88 valence electrons. The minimum Gasteiger partial charge on any atom is -0.380 e. The van der Waals surface area contributed by atoms with Crippen LogP contribution >= 0.6 is 0 Å². The highest BCUT2D eigenvalue weighted by Gasteiger charge is 2.40. The van der Waals surface area contributed by atoms with Crippen LogP contribution < -0.4 is 0 Å². The average Bonchev–Trinajstić information content (AvgIpc) is 2.16. The molecule has 5 heteroatoms. The highest BCUT2D eigenvalue weighted by molar-refractivity contribution is 7.89. The highest BCUT2D eigenvalue weighted by Crippen LogP contribution is 2.30. The molecule has 0 radical (unpaired) electrons. The van der Waals surface area contributed by atoms with E-state index in [1.165, 1.54) is 0 Å². The molecule has 2 saturated heterocycles. The van der Waals surface area contributed by atoms with E-state index < -0.39 is 10.0 Å². The number of piperidine rings is 1. The number of sulfonamides is 1. The summed E-state index contributed by atoms with van der Waals surface area (Å²) in [6.45, 7) is 4.57. The number of hydrogen-bond acceptors (Lipinski definition) is 3. The zero-order valence-corrected chi connectivity index (χ0v) is 10.1. The summed E-state index contributed by atoms with van der Waals surface area (Å²) in [6, 6.07) is 0. The van der Waals surface area contributed by atoms with Crippen molar-refractivity contribution in [3.63, 3.8) is 0 Å². The lowest BCUT2D eigenvalue weighted by Gasteiger charge is -2.39. The van der Waals surface area contributed by atoms with Gasteiger partial charge in [-0.25, -0.2) is 12.7 Å². The Morgan fingerprint density at radius 3 is 2.27 bits per heavy atom. The largest absolute Gasteiger partial charge is 0.380 e. The third-order valence-corrected chi connectivity index (χ3v) is 5.35. The van der Waals surface area contributed by atoms with Gasteiger partial charge in [0.05, 0.1) is 19.0 Å². The fraction of sp³-hybridized carbons (Fsp3) is 1.00. The molecule has 2 rings (SSSR count). The van der Waals surface area contributed by atoms with E-state index in [-0.39, 0.29) is 11.2 Å². The Morgan fingerprint density at radius 1 is 1.20 bits per heavy atom. The van der Waals surface area contributed by atoms with Gasteiger partial charge in [0.25, 0.3) is 0 Å². The molecule has 2 heterocycles. The maximum absolute atomic E-state index is 12.1. The van der Waals surface area contributed by atoms with E-state index in [0.29, 0.717) is 26.3 Å². The van der Waals surface area contributed by atoms with Crippen LogP contribution in [0.1, 0.15) is 26.2 Å². The normalized spacial score (nSPS) is 27.3.